The van der Waals surface area contributed by atoms with E-state index in [0.29, 0.717) is 0 Å². The number of nitrogens with two attached hydrogens (primary N) is 1. The summed E-state index contributed by atoms with van der Waals surface area (Å²) < 4.78 is 5.45. The molecule has 0 atom stereocenters. The van der Waals surface area contributed by atoms with Crippen molar-refractivity contribution < 1.29 is 9.53 Å². The van der Waals surface area contributed by atoms with Gasteiger partial charge in [0.25, 0.3) is 0 Å². The molecule has 1 amide bonds. The van der Waals surface area contributed by atoms with E-state index in [-0.39, 0.29) is 17.9 Å². The Morgan fingerprint density at radius 1 is 1.03 bits per heavy atom. The number of nitrogens with zero attached hydrogens (tertiary/aromatic N) is 4. The average Bonchev–Trinajstić information content (AvgIpc) is 2.85. The van der Waals surface area contributed by atoms with Crippen LogP contribution in [-0.2, 0) is 9.53 Å². The number of fused-ring (bicyclic) bond motifs is 1. The fourth-order valence-corrected chi connectivity index (χ4v) is 4.60. The molecule has 8 nitrogen and oxygen atoms in total. The summed E-state index contributed by atoms with van der Waals surface area (Å²) in [6, 6.07) is 10.7. The smallest absolute Gasteiger partial charge is 0.220 e. The summed E-state index contributed by atoms with van der Waals surface area (Å²) in [4.78, 5) is 27.8. The van der Waals surface area contributed by atoms with Crippen molar-refractivity contribution in [2.45, 2.75) is 31.7 Å². The normalized spacial score (nSPS) is 21.4. The standard InChI is InChI=1S/C24H28N6O2/c25-23(31)17-1-5-18(6-2-17)28-24-22-21(26-9-10-27-22)15-20(29-24)16-3-7-19(8-4-16)30-11-13-32-14-12-30/h3-4,7-10,15,17-18H,1-2,5-6,11-14H2,(H2,25,31)(H,28,29). The number of nitrogens with one attached hydrogen (secondary N) is 1. The first-order chi connectivity index (χ1) is 15.7. The second-order valence-corrected chi connectivity index (χ2v) is 8.52. The predicted octanol–water partition coefficient (Wildman–Crippen LogP) is 2.98. The van der Waals surface area contributed by atoms with E-state index in [1.807, 2.05) is 6.07 Å². The van der Waals surface area contributed by atoms with Crippen LogP contribution in [0.2, 0.25) is 0 Å². The number of primary amides is 1. The number of aromatic nitrogens is 3. The van der Waals surface area contributed by atoms with Gasteiger partial charge in [-0.25, -0.2) is 9.97 Å². The van der Waals surface area contributed by atoms with Crippen LogP contribution >= 0.6 is 0 Å². The number of carbonyl (C=O) groups is 1. The number of hydrogen-bond donors (Lipinski definition) is 2. The highest BCUT2D eigenvalue weighted by Crippen LogP contribution is 2.30. The molecule has 1 aliphatic carbocycles. The fourth-order valence-electron chi connectivity index (χ4n) is 4.60. The van der Waals surface area contributed by atoms with Crippen LogP contribution < -0.4 is 16.0 Å². The van der Waals surface area contributed by atoms with Crippen molar-refractivity contribution in [3.8, 4) is 11.3 Å². The SMILES string of the molecule is NC(=O)C1CCC(Nc2nc(-c3ccc(N4CCOCC4)cc3)cc3nccnc23)CC1. The number of pyridine rings is 1. The molecule has 1 aromatic carbocycles. The molecule has 3 aromatic rings. The second kappa shape index (κ2) is 9.08. The Bertz CT molecular complexity index is 1090. The Balaban J connectivity index is 1.40. The van der Waals surface area contributed by atoms with Gasteiger partial charge >= 0.3 is 0 Å². The molecular formula is C24H28N6O2. The van der Waals surface area contributed by atoms with Gasteiger partial charge in [-0.3, -0.25) is 9.78 Å². The summed E-state index contributed by atoms with van der Waals surface area (Å²) in [7, 11) is 0. The van der Waals surface area contributed by atoms with Gasteiger partial charge in [0.05, 0.1) is 24.4 Å². The number of morpholine rings is 1. The summed E-state index contributed by atoms with van der Waals surface area (Å²) in [6.07, 6.45) is 6.77. The van der Waals surface area contributed by atoms with E-state index >= 15 is 0 Å². The van der Waals surface area contributed by atoms with Crippen LogP contribution in [0.1, 0.15) is 25.7 Å². The molecule has 1 aliphatic heterocycles. The third-order valence-electron chi connectivity index (χ3n) is 6.47. The van der Waals surface area contributed by atoms with Crippen molar-refractivity contribution in [2.75, 3.05) is 36.5 Å². The van der Waals surface area contributed by atoms with Gasteiger partial charge < -0.3 is 20.7 Å². The highest BCUT2D eigenvalue weighted by molar-refractivity contribution is 5.88. The molecule has 1 saturated heterocycles. The zero-order valence-corrected chi connectivity index (χ0v) is 18.0. The monoisotopic (exact) mass is 432 g/mol. The summed E-state index contributed by atoms with van der Waals surface area (Å²) in [5, 5.41) is 3.57. The van der Waals surface area contributed by atoms with E-state index in [1.165, 1.54) is 5.69 Å². The van der Waals surface area contributed by atoms with Crippen LogP contribution in [0.15, 0.2) is 42.7 Å². The summed E-state index contributed by atoms with van der Waals surface area (Å²) >= 11 is 0. The fraction of sp³-hybridized carbons (Fsp3) is 0.417. The molecule has 0 bridgehead atoms. The summed E-state index contributed by atoms with van der Waals surface area (Å²) in [5.41, 5.74) is 10.1. The molecule has 3 heterocycles. The van der Waals surface area contributed by atoms with Crippen molar-refractivity contribution in [3.63, 3.8) is 0 Å². The highest BCUT2D eigenvalue weighted by Gasteiger charge is 2.25. The van der Waals surface area contributed by atoms with E-state index in [0.717, 1.165) is 80.1 Å². The second-order valence-electron chi connectivity index (χ2n) is 8.52. The van der Waals surface area contributed by atoms with Crippen LogP contribution in [0.5, 0.6) is 0 Å². The molecule has 8 heteroatoms. The lowest BCUT2D eigenvalue weighted by Crippen LogP contribution is -2.36. The molecule has 0 spiro atoms. The predicted molar refractivity (Wildman–Crippen MR) is 124 cm³/mol. The Morgan fingerprint density at radius 3 is 2.47 bits per heavy atom. The van der Waals surface area contributed by atoms with Crippen molar-refractivity contribution >= 4 is 28.4 Å². The van der Waals surface area contributed by atoms with E-state index in [4.69, 9.17) is 15.5 Å². The number of amides is 1. The first kappa shape index (κ1) is 20.6. The van der Waals surface area contributed by atoms with Gasteiger partial charge in [-0.05, 0) is 43.9 Å². The van der Waals surface area contributed by atoms with Crippen molar-refractivity contribution in [3.05, 3.63) is 42.7 Å². The van der Waals surface area contributed by atoms with Gasteiger partial charge in [0.1, 0.15) is 5.52 Å². The minimum absolute atomic E-state index is 0.0196. The van der Waals surface area contributed by atoms with Gasteiger partial charge in [0, 0.05) is 48.7 Å². The van der Waals surface area contributed by atoms with E-state index in [9.17, 15) is 4.79 Å². The topological polar surface area (TPSA) is 106 Å². The number of benzene rings is 1. The molecule has 166 valence electrons. The maximum atomic E-state index is 11.5. The molecule has 0 unspecified atom stereocenters. The number of ether oxygens (including phenoxy) is 1. The summed E-state index contributed by atoms with van der Waals surface area (Å²) in [6.45, 7) is 3.36. The highest BCUT2D eigenvalue weighted by atomic mass is 16.5. The number of hydrogen-bond acceptors (Lipinski definition) is 7. The van der Waals surface area contributed by atoms with Gasteiger partial charge in [-0.15, -0.1) is 0 Å². The van der Waals surface area contributed by atoms with Crippen LogP contribution in [0.4, 0.5) is 11.5 Å². The molecule has 32 heavy (non-hydrogen) atoms. The summed E-state index contributed by atoms with van der Waals surface area (Å²) in [5.74, 6) is 0.527. The van der Waals surface area contributed by atoms with Gasteiger partial charge in [-0.2, -0.15) is 0 Å². The van der Waals surface area contributed by atoms with Crippen LogP contribution in [0.25, 0.3) is 22.3 Å². The van der Waals surface area contributed by atoms with Crippen LogP contribution in [0, 0.1) is 5.92 Å². The lowest BCUT2D eigenvalue weighted by molar-refractivity contribution is -0.122. The van der Waals surface area contributed by atoms with E-state index in [2.05, 4.69) is 44.5 Å². The zero-order valence-electron chi connectivity index (χ0n) is 18.0. The minimum Gasteiger partial charge on any atom is -0.378 e. The number of rotatable bonds is 5. The molecule has 1 saturated carbocycles. The lowest BCUT2D eigenvalue weighted by atomic mass is 9.85. The van der Waals surface area contributed by atoms with E-state index < -0.39 is 0 Å². The maximum absolute atomic E-state index is 11.5. The number of carbonyl (C=O) groups excluding carboxylic acids is 1. The number of anilines is 2. The Labute approximate surface area is 187 Å². The molecule has 2 aromatic heterocycles. The van der Waals surface area contributed by atoms with E-state index in [1.54, 1.807) is 12.4 Å². The first-order valence-corrected chi connectivity index (χ1v) is 11.3. The largest absolute Gasteiger partial charge is 0.378 e. The van der Waals surface area contributed by atoms with Gasteiger partial charge in [0.2, 0.25) is 5.91 Å². The van der Waals surface area contributed by atoms with Gasteiger partial charge in [-0.1, -0.05) is 12.1 Å². The van der Waals surface area contributed by atoms with Gasteiger partial charge in [0.15, 0.2) is 5.82 Å². The Kier molecular flexibility index (Phi) is 5.85. The zero-order chi connectivity index (χ0) is 21.9. The molecule has 2 fully saturated rings. The average molecular weight is 433 g/mol. The Morgan fingerprint density at radius 2 is 1.75 bits per heavy atom. The molecular weight excluding hydrogens is 404 g/mol. The molecule has 2 aliphatic rings. The van der Waals surface area contributed by atoms with Crippen molar-refractivity contribution in [2.24, 2.45) is 11.7 Å². The van der Waals surface area contributed by atoms with Crippen LogP contribution in [0.3, 0.4) is 0 Å². The maximum Gasteiger partial charge on any atom is 0.220 e. The first-order valence-electron chi connectivity index (χ1n) is 11.3. The van der Waals surface area contributed by atoms with Crippen molar-refractivity contribution in [1.82, 2.24) is 15.0 Å². The Hall–Kier alpha value is -3.26. The molecule has 5 rings (SSSR count). The van der Waals surface area contributed by atoms with Crippen LogP contribution in [-0.4, -0.2) is 53.2 Å². The minimum atomic E-state index is -0.194. The third-order valence-corrected chi connectivity index (χ3v) is 6.47. The lowest BCUT2D eigenvalue weighted by Gasteiger charge is -2.29. The third kappa shape index (κ3) is 4.36. The van der Waals surface area contributed by atoms with Crippen molar-refractivity contribution in [1.29, 1.82) is 0 Å². The molecule has 0 radical (unpaired) electrons. The quantitative estimate of drug-likeness (QED) is 0.638. The molecule has 3 N–H and O–H groups in total.